The van der Waals surface area contributed by atoms with Gasteiger partial charge in [0.05, 0.1) is 31.0 Å². The number of ether oxygens (including phenoxy) is 3. The van der Waals surface area contributed by atoms with E-state index in [0.717, 1.165) is 16.9 Å². The standard InChI is InChI=1S/C21H20N2O5/c1-12-5-8-17-14(9-12)20-15(11-27-17)19(22-28-20)21(24)23(2)16-7-6-13(25-3)10-18(16)26-4/h5-10H,11H2,1-4H3. The zero-order chi connectivity index (χ0) is 19.8. The summed E-state index contributed by atoms with van der Waals surface area (Å²) in [7, 11) is 4.78. The number of carbonyl (C=O) groups is 1. The summed E-state index contributed by atoms with van der Waals surface area (Å²) in [5, 5.41) is 4.05. The molecule has 28 heavy (non-hydrogen) atoms. The molecule has 144 valence electrons. The second kappa shape index (κ2) is 6.92. The number of amides is 1. The van der Waals surface area contributed by atoms with Crippen molar-refractivity contribution in [1.82, 2.24) is 5.16 Å². The number of nitrogens with zero attached hydrogens (tertiary/aromatic N) is 2. The third-order valence-electron chi connectivity index (χ3n) is 4.80. The summed E-state index contributed by atoms with van der Waals surface area (Å²) in [6, 6.07) is 11.1. The number of fused-ring (bicyclic) bond motifs is 3. The lowest BCUT2D eigenvalue weighted by atomic mass is 10.0. The van der Waals surface area contributed by atoms with Gasteiger partial charge in [0.1, 0.15) is 23.9 Å². The maximum Gasteiger partial charge on any atom is 0.280 e. The van der Waals surface area contributed by atoms with E-state index >= 15 is 0 Å². The van der Waals surface area contributed by atoms with E-state index in [1.807, 2.05) is 25.1 Å². The second-order valence-corrected chi connectivity index (χ2v) is 6.53. The molecule has 0 atom stereocenters. The van der Waals surface area contributed by atoms with Crippen LogP contribution < -0.4 is 19.1 Å². The molecule has 0 saturated carbocycles. The van der Waals surface area contributed by atoms with Crippen LogP contribution in [0.3, 0.4) is 0 Å². The number of anilines is 1. The molecule has 1 amide bonds. The van der Waals surface area contributed by atoms with Gasteiger partial charge in [0.15, 0.2) is 11.5 Å². The van der Waals surface area contributed by atoms with E-state index in [2.05, 4.69) is 5.16 Å². The van der Waals surface area contributed by atoms with Crippen LogP contribution in [0.15, 0.2) is 40.9 Å². The normalized spacial score (nSPS) is 11.9. The Balaban J connectivity index is 1.71. The van der Waals surface area contributed by atoms with Gasteiger partial charge in [-0.25, -0.2) is 0 Å². The van der Waals surface area contributed by atoms with Gasteiger partial charge in [0.2, 0.25) is 0 Å². The first-order chi connectivity index (χ1) is 13.5. The number of hydrogen-bond acceptors (Lipinski definition) is 6. The summed E-state index contributed by atoms with van der Waals surface area (Å²) in [5.74, 6) is 2.14. The molecule has 7 nitrogen and oxygen atoms in total. The fourth-order valence-corrected chi connectivity index (χ4v) is 3.25. The minimum Gasteiger partial charge on any atom is -0.497 e. The molecule has 0 aliphatic carbocycles. The molecule has 1 aromatic heterocycles. The molecule has 1 aliphatic rings. The lowest BCUT2D eigenvalue weighted by Gasteiger charge is -2.21. The number of methoxy groups -OCH3 is 2. The predicted molar refractivity (Wildman–Crippen MR) is 103 cm³/mol. The molecule has 2 aromatic carbocycles. The molecule has 3 aromatic rings. The van der Waals surface area contributed by atoms with Crippen molar-refractivity contribution >= 4 is 11.6 Å². The van der Waals surface area contributed by atoms with E-state index in [-0.39, 0.29) is 18.2 Å². The van der Waals surface area contributed by atoms with Crippen LogP contribution in [-0.2, 0) is 6.61 Å². The fourth-order valence-electron chi connectivity index (χ4n) is 3.25. The lowest BCUT2D eigenvalue weighted by molar-refractivity contribution is 0.0981. The minimum atomic E-state index is -0.312. The third-order valence-corrected chi connectivity index (χ3v) is 4.80. The molecule has 0 bridgehead atoms. The molecule has 0 radical (unpaired) electrons. The van der Waals surface area contributed by atoms with Crippen molar-refractivity contribution in [3.05, 3.63) is 53.2 Å². The third kappa shape index (κ3) is 2.85. The Morgan fingerprint density at radius 1 is 1.14 bits per heavy atom. The van der Waals surface area contributed by atoms with Crippen LogP contribution in [0, 0.1) is 6.92 Å². The van der Waals surface area contributed by atoms with Crippen LogP contribution in [0.25, 0.3) is 11.3 Å². The Morgan fingerprint density at radius 2 is 1.96 bits per heavy atom. The topological polar surface area (TPSA) is 74.0 Å². The molecule has 0 unspecified atom stereocenters. The van der Waals surface area contributed by atoms with Gasteiger partial charge in [-0.2, -0.15) is 0 Å². The summed E-state index contributed by atoms with van der Waals surface area (Å²) < 4.78 is 22.0. The SMILES string of the molecule is COc1ccc(N(C)C(=O)c2noc3c2COc2ccc(C)cc2-3)c(OC)c1. The first kappa shape index (κ1) is 17.9. The van der Waals surface area contributed by atoms with E-state index in [4.69, 9.17) is 18.7 Å². The highest BCUT2D eigenvalue weighted by molar-refractivity contribution is 6.07. The van der Waals surface area contributed by atoms with Crippen molar-refractivity contribution in [2.75, 3.05) is 26.2 Å². The zero-order valence-electron chi connectivity index (χ0n) is 16.1. The van der Waals surface area contributed by atoms with Crippen LogP contribution >= 0.6 is 0 Å². The number of aromatic nitrogens is 1. The smallest absolute Gasteiger partial charge is 0.280 e. The maximum absolute atomic E-state index is 13.1. The summed E-state index contributed by atoms with van der Waals surface area (Å²) in [6.45, 7) is 2.21. The van der Waals surface area contributed by atoms with Gasteiger partial charge >= 0.3 is 0 Å². The zero-order valence-corrected chi connectivity index (χ0v) is 16.1. The average molecular weight is 380 g/mol. The average Bonchev–Trinajstić information content (AvgIpc) is 3.16. The molecule has 0 fully saturated rings. The van der Waals surface area contributed by atoms with E-state index in [1.165, 1.54) is 4.90 Å². The maximum atomic E-state index is 13.1. The van der Waals surface area contributed by atoms with Crippen molar-refractivity contribution < 1.29 is 23.5 Å². The van der Waals surface area contributed by atoms with E-state index in [1.54, 1.807) is 39.5 Å². The van der Waals surface area contributed by atoms with Crippen LogP contribution in [0.4, 0.5) is 5.69 Å². The number of hydrogen-bond donors (Lipinski definition) is 0. The van der Waals surface area contributed by atoms with Gasteiger partial charge in [-0.1, -0.05) is 16.8 Å². The fraction of sp³-hybridized carbons (Fsp3) is 0.238. The lowest BCUT2D eigenvalue weighted by Crippen LogP contribution is -2.28. The molecule has 1 aliphatic heterocycles. The largest absolute Gasteiger partial charge is 0.497 e. The Bertz CT molecular complexity index is 1060. The van der Waals surface area contributed by atoms with Gasteiger partial charge in [0, 0.05) is 13.1 Å². The first-order valence-corrected chi connectivity index (χ1v) is 8.76. The second-order valence-electron chi connectivity index (χ2n) is 6.53. The molecule has 0 N–H and O–H groups in total. The van der Waals surface area contributed by atoms with Gasteiger partial charge in [0.25, 0.3) is 5.91 Å². The highest BCUT2D eigenvalue weighted by atomic mass is 16.5. The predicted octanol–water partition coefficient (Wildman–Crippen LogP) is 3.84. The van der Waals surface area contributed by atoms with Crippen molar-refractivity contribution in [3.8, 4) is 28.6 Å². The summed E-state index contributed by atoms with van der Waals surface area (Å²) in [5.41, 5.74) is 3.33. The van der Waals surface area contributed by atoms with Crippen LogP contribution in [0.1, 0.15) is 21.6 Å². The molecule has 7 heteroatoms. The number of benzene rings is 2. The first-order valence-electron chi connectivity index (χ1n) is 8.76. The van der Waals surface area contributed by atoms with Gasteiger partial charge in [-0.3, -0.25) is 4.79 Å². The summed E-state index contributed by atoms with van der Waals surface area (Å²) in [4.78, 5) is 14.6. The molecule has 0 saturated heterocycles. The van der Waals surface area contributed by atoms with E-state index < -0.39 is 0 Å². The van der Waals surface area contributed by atoms with Crippen molar-refractivity contribution in [1.29, 1.82) is 0 Å². The Labute approximate surface area is 162 Å². The Hall–Kier alpha value is -3.48. The highest BCUT2D eigenvalue weighted by Gasteiger charge is 2.31. The van der Waals surface area contributed by atoms with E-state index in [0.29, 0.717) is 28.5 Å². The number of rotatable bonds is 4. The van der Waals surface area contributed by atoms with Gasteiger partial charge in [-0.15, -0.1) is 0 Å². The van der Waals surface area contributed by atoms with Crippen molar-refractivity contribution in [2.24, 2.45) is 0 Å². The molecular weight excluding hydrogens is 360 g/mol. The van der Waals surface area contributed by atoms with Crippen LogP contribution in [0.2, 0.25) is 0 Å². The quantitative estimate of drug-likeness (QED) is 0.685. The van der Waals surface area contributed by atoms with Crippen LogP contribution in [0.5, 0.6) is 17.2 Å². The Kier molecular flexibility index (Phi) is 4.43. The van der Waals surface area contributed by atoms with E-state index in [9.17, 15) is 4.79 Å². The molecule has 0 spiro atoms. The number of carbonyl (C=O) groups excluding carboxylic acids is 1. The monoisotopic (exact) mass is 380 g/mol. The Morgan fingerprint density at radius 3 is 2.71 bits per heavy atom. The molecule has 2 heterocycles. The van der Waals surface area contributed by atoms with Gasteiger partial charge < -0.3 is 23.6 Å². The van der Waals surface area contributed by atoms with Crippen molar-refractivity contribution in [3.63, 3.8) is 0 Å². The molecular formula is C21H20N2O5. The number of aryl methyl sites for hydroxylation is 1. The van der Waals surface area contributed by atoms with Gasteiger partial charge in [-0.05, 0) is 31.2 Å². The van der Waals surface area contributed by atoms with Crippen molar-refractivity contribution in [2.45, 2.75) is 13.5 Å². The molecule has 4 rings (SSSR count). The minimum absolute atomic E-state index is 0.225. The summed E-state index contributed by atoms with van der Waals surface area (Å²) in [6.07, 6.45) is 0. The summed E-state index contributed by atoms with van der Waals surface area (Å²) >= 11 is 0. The van der Waals surface area contributed by atoms with Crippen LogP contribution in [-0.4, -0.2) is 32.3 Å². The highest BCUT2D eigenvalue weighted by Crippen LogP contribution is 2.40.